The Morgan fingerprint density at radius 1 is 0.552 bits per heavy atom. The number of likely N-dealkylation sites (tertiary alicyclic amines) is 1. The fourth-order valence-electron chi connectivity index (χ4n) is 5.86. The molecule has 11 nitrogen and oxygen atoms in total. The van der Waals surface area contributed by atoms with Crippen molar-refractivity contribution in [1.82, 2.24) is 10.4 Å². The number of nitrogens with zero attached hydrogens (tertiary/aromatic N) is 1. The van der Waals surface area contributed by atoms with Gasteiger partial charge in [-0.3, -0.25) is 14.4 Å². The van der Waals surface area contributed by atoms with Crippen LogP contribution in [-0.2, 0) is 38.2 Å². The van der Waals surface area contributed by atoms with Crippen molar-refractivity contribution in [2.75, 3.05) is 46.6 Å². The number of unbranched alkanes of at least 4 members (excludes halogenated alkanes) is 15. The van der Waals surface area contributed by atoms with Gasteiger partial charge in [0.25, 0.3) is 0 Å². The van der Waals surface area contributed by atoms with Crippen LogP contribution in [0, 0.1) is 11.8 Å². The summed E-state index contributed by atoms with van der Waals surface area (Å²) in [6, 6.07) is 0. The van der Waals surface area contributed by atoms with Gasteiger partial charge in [-0.15, -0.1) is 0 Å². The number of carbonyl (C=O) groups excluding carboxylic acids is 4. The van der Waals surface area contributed by atoms with Crippen LogP contribution in [0.4, 0.5) is 4.79 Å². The maximum Gasteiger partial charge on any atom is 0.409 e. The monoisotopic (exact) mass is 833 g/mol. The summed E-state index contributed by atoms with van der Waals surface area (Å²) < 4.78 is 21.9. The molecule has 1 saturated heterocycles. The minimum Gasteiger partial charge on any atom is -0.465 e. The molecule has 1 N–H and O–H groups in total. The van der Waals surface area contributed by atoms with Crippen LogP contribution < -0.4 is 5.48 Å². The lowest BCUT2D eigenvalue weighted by Gasteiger charge is -2.20. The number of nitrogens with one attached hydrogen (secondary N) is 1. The molecule has 0 aromatic heterocycles. The summed E-state index contributed by atoms with van der Waals surface area (Å²) in [7, 11) is 1.80. The predicted octanol–water partition coefficient (Wildman–Crippen LogP) is 12.6. The van der Waals surface area contributed by atoms with E-state index in [0.717, 1.165) is 51.6 Å². The standard InChI is InChI=1S/C32H57NO8.C9H21NO.3C2H6/c1-5-8-10-12-14-16-18-29(34)39-24-27(25-40-30(35)19-17-15-13-11-9-6-2)21-31(36)41-28-23-33(22-26(28)4)32(37)38-20-7-3;1-3-4-5-6-7-8-9-11-10-2;3*1-2/h26-28H,5-25H2,1-4H3;10H,3-9H2,1-2H3;3*1-2H3. The van der Waals surface area contributed by atoms with E-state index in [1.54, 1.807) is 11.9 Å². The van der Waals surface area contributed by atoms with Gasteiger partial charge in [-0.05, 0) is 25.7 Å². The average molecular weight is 833 g/mol. The zero-order valence-corrected chi connectivity index (χ0v) is 40.2. The van der Waals surface area contributed by atoms with Crippen LogP contribution in [0.1, 0.15) is 217 Å². The molecule has 1 amide bonds. The van der Waals surface area contributed by atoms with E-state index in [4.69, 9.17) is 23.8 Å². The zero-order chi connectivity index (χ0) is 44.7. The minimum atomic E-state index is -0.494. The largest absolute Gasteiger partial charge is 0.465 e. The van der Waals surface area contributed by atoms with E-state index in [1.807, 2.05) is 55.4 Å². The second kappa shape index (κ2) is 50.7. The van der Waals surface area contributed by atoms with Gasteiger partial charge in [0, 0.05) is 38.3 Å². The molecule has 1 aliphatic heterocycles. The molecule has 1 aliphatic rings. The van der Waals surface area contributed by atoms with Crippen molar-refractivity contribution >= 4 is 24.0 Å². The third-order valence-electron chi connectivity index (χ3n) is 9.14. The normalized spacial score (nSPS) is 14.0. The van der Waals surface area contributed by atoms with Crippen molar-refractivity contribution < 1.29 is 43.0 Å². The zero-order valence-electron chi connectivity index (χ0n) is 40.2. The highest BCUT2D eigenvalue weighted by Gasteiger charge is 2.36. The first-order valence-corrected chi connectivity index (χ1v) is 23.9. The lowest BCUT2D eigenvalue weighted by Crippen LogP contribution is -2.32. The number of hydrogen-bond donors (Lipinski definition) is 1. The summed E-state index contributed by atoms with van der Waals surface area (Å²) in [5, 5.41) is 0. The van der Waals surface area contributed by atoms with Crippen molar-refractivity contribution in [3.63, 3.8) is 0 Å². The van der Waals surface area contributed by atoms with Gasteiger partial charge in [0.15, 0.2) is 0 Å². The molecule has 0 aromatic rings. The number of hydroxylamine groups is 1. The summed E-state index contributed by atoms with van der Waals surface area (Å²) in [5.74, 6) is -1.59. The number of amides is 1. The molecule has 0 radical (unpaired) electrons. The van der Waals surface area contributed by atoms with E-state index >= 15 is 0 Å². The number of ether oxygens (including phenoxy) is 4. The highest BCUT2D eigenvalue weighted by molar-refractivity contribution is 5.72. The van der Waals surface area contributed by atoms with E-state index in [0.29, 0.717) is 26.0 Å². The van der Waals surface area contributed by atoms with Gasteiger partial charge in [-0.25, -0.2) is 10.3 Å². The van der Waals surface area contributed by atoms with E-state index < -0.39 is 24.1 Å². The molecule has 11 heteroatoms. The summed E-state index contributed by atoms with van der Waals surface area (Å²) in [6.07, 6.45) is 21.4. The molecule has 0 bridgehead atoms. The smallest absolute Gasteiger partial charge is 0.409 e. The van der Waals surface area contributed by atoms with Crippen molar-refractivity contribution in [1.29, 1.82) is 0 Å². The first kappa shape index (κ1) is 62.3. The Bertz CT molecular complexity index is 850. The van der Waals surface area contributed by atoms with Crippen molar-refractivity contribution in [3.05, 3.63) is 0 Å². The third-order valence-corrected chi connectivity index (χ3v) is 9.14. The highest BCUT2D eigenvalue weighted by atomic mass is 16.6. The highest BCUT2D eigenvalue weighted by Crippen LogP contribution is 2.22. The number of esters is 3. The third kappa shape index (κ3) is 41.7. The molecule has 2 unspecified atom stereocenters. The van der Waals surface area contributed by atoms with Gasteiger partial charge in [0.05, 0.1) is 39.4 Å². The van der Waals surface area contributed by atoms with E-state index in [9.17, 15) is 19.2 Å². The number of carbonyl (C=O) groups is 4. The van der Waals surface area contributed by atoms with Gasteiger partial charge in [0.1, 0.15) is 6.10 Å². The topological polar surface area (TPSA) is 130 Å². The average Bonchev–Trinajstić information content (AvgIpc) is 3.61. The molecule has 0 saturated carbocycles. The number of rotatable bonds is 31. The van der Waals surface area contributed by atoms with E-state index in [1.165, 1.54) is 77.0 Å². The van der Waals surface area contributed by atoms with Crippen molar-refractivity contribution in [2.24, 2.45) is 11.8 Å². The fraction of sp³-hybridized carbons (Fsp3) is 0.915. The van der Waals surface area contributed by atoms with Crippen LogP contribution >= 0.6 is 0 Å². The van der Waals surface area contributed by atoms with Crippen LogP contribution in [0.2, 0.25) is 0 Å². The van der Waals surface area contributed by atoms with Crippen LogP contribution in [0.25, 0.3) is 0 Å². The second-order valence-corrected chi connectivity index (χ2v) is 14.3. The van der Waals surface area contributed by atoms with Gasteiger partial charge in [-0.1, -0.05) is 172 Å². The van der Waals surface area contributed by atoms with Crippen molar-refractivity contribution in [2.45, 2.75) is 224 Å². The molecule has 2 atom stereocenters. The molecule has 1 fully saturated rings. The Balaban J connectivity index is -0.000000723. The Labute approximate surface area is 358 Å². The lowest BCUT2D eigenvalue weighted by atomic mass is 10.1. The molecule has 1 rings (SSSR count). The second-order valence-electron chi connectivity index (χ2n) is 14.3. The maximum atomic E-state index is 12.8. The van der Waals surface area contributed by atoms with Crippen LogP contribution in [0.5, 0.6) is 0 Å². The fourth-order valence-corrected chi connectivity index (χ4v) is 5.86. The Morgan fingerprint density at radius 3 is 1.41 bits per heavy atom. The van der Waals surface area contributed by atoms with Gasteiger partial charge >= 0.3 is 24.0 Å². The molecule has 0 aromatic carbocycles. The Kier molecular flexibility index (Phi) is 54.5. The quantitative estimate of drug-likeness (QED) is 0.0312. The molecule has 0 spiro atoms. The molecule has 58 heavy (non-hydrogen) atoms. The minimum absolute atomic E-state index is 0.0102. The summed E-state index contributed by atoms with van der Waals surface area (Å²) in [5.41, 5.74) is 2.67. The molecule has 0 aliphatic carbocycles. The summed E-state index contributed by atoms with van der Waals surface area (Å²) in [6.45, 7) is 24.4. The molecule has 348 valence electrons. The molecular weight excluding hydrogens is 737 g/mol. The lowest BCUT2D eigenvalue weighted by molar-refractivity contribution is -0.157. The Hall–Kier alpha value is -2.40. The predicted molar refractivity (Wildman–Crippen MR) is 241 cm³/mol. The summed E-state index contributed by atoms with van der Waals surface area (Å²) in [4.78, 5) is 56.2. The van der Waals surface area contributed by atoms with Crippen LogP contribution in [0.15, 0.2) is 0 Å². The van der Waals surface area contributed by atoms with Gasteiger partial charge in [-0.2, -0.15) is 0 Å². The van der Waals surface area contributed by atoms with Gasteiger partial charge < -0.3 is 28.7 Å². The van der Waals surface area contributed by atoms with E-state index in [-0.39, 0.29) is 44.0 Å². The maximum absolute atomic E-state index is 12.8. The first-order chi connectivity index (χ1) is 28.2. The number of hydrogen-bond acceptors (Lipinski definition) is 10. The first-order valence-electron chi connectivity index (χ1n) is 23.9. The molecule has 1 heterocycles. The van der Waals surface area contributed by atoms with E-state index in [2.05, 4.69) is 26.3 Å². The van der Waals surface area contributed by atoms with Crippen LogP contribution in [-0.4, -0.2) is 81.6 Å². The van der Waals surface area contributed by atoms with Crippen molar-refractivity contribution in [3.8, 4) is 0 Å². The van der Waals surface area contributed by atoms with Gasteiger partial charge in [0.2, 0.25) is 0 Å². The SMILES string of the molecule is CC.CC.CC.CCCCCCCCC(=O)OCC(COC(=O)CCCCCCCC)CC(=O)OC1CN(C(=O)OCCC)CC1C.CCCCCCCCONC. The van der Waals surface area contributed by atoms with Crippen LogP contribution in [0.3, 0.4) is 0 Å². The Morgan fingerprint density at radius 2 is 0.983 bits per heavy atom. The molecular formula is C47H96N2O9. The summed E-state index contributed by atoms with van der Waals surface area (Å²) >= 11 is 0.